The van der Waals surface area contributed by atoms with Gasteiger partial charge in [0.25, 0.3) is 0 Å². The normalized spacial score (nSPS) is 11.9. The maximum atomic E-state index is 11.2. The molecule has 4 nitrogen and oxygen atoms in total. The maximum Gasteiger partial charge on any atom is 0.407 e. The van der Waals surface area contributed by atoms with Crippen molar-refractivity contribution in [1.29, 1.82) is 0 Å². The molecule has 0 aliphatic heterocycles. The first-order valence-corrected chi connectivity index (χ1v) is 5.34. The summed E-state index contributed by atoms with van der Waals surface area (Å²) in [6.07, 6.45) is 0.105. The Kier molecular flexibility index (Phi) is 5.36. The van der Waals surface area contributed by atoms with Crippen LogP contribution >= 0.6 is 0 Å². The first-order chi connectivity index (χ1) is 7.76. The number of aliphatic hydroxyl groups excluding tert-OH is 1. The van der Waals surface area contributed by atoms with E-state index in [0.29, 0.717) is 13.0 Å². The van der Waals surface area contributed by atoms with Crippen LogP contribution in [0.4, 0.5) is 4.79 Å². The van der Waals surface area contributed by atoms with E-state index in [2.05, 4.69) is 5.32 Å². The van der Waals surface area contributed by atoms with Gasteiger partial charge in [-0.05, 0) is 18.9 Å². The highest BCUT2D eigenvalue weighted by Gasteiger charge is 2.12. The molecule has 0 aromatic heterocycles. The van der Waals surface area contributed by atoms with Gasteiger partial charge in [-0.15, -0.1) is 0 Å². The molecule has 0 aliphatic rings. The van der Waals surface area contributed by atoms with E-state index < -0.39 is 6.09 Å². The van der Waals surface area contributed by atoms with Crippen molar-refractivity contribution >= 4 is 6.09 Å². The molecule has 88 valence electrons. The number of alkyl carbamates (subject to hydrolysis) is 1. The van der Waals surface area contributed by atoms with Gasteiger partial charge in [0, 0.05) is 0 Å². The molecule has 1 aromatic carbocycles. The zero-order valence-corrected chi connectivity index (χ0v) is 9.35. The molecule has 0 saturated carbocycles. The highest BCUT2D eigenvalue weighted by Crippen LogP contribution is 2.02. The van der Waals surface area contributed by atoms with Gasteiger partial charge >= 0.3 is 6.09 Å². The summed E-state index contributed by atoms with van der Waals surface area (Å²) < 4.78 is 4.75. The smallest absolute Gasteiger partial charge is 0.407 e. The van der Waals surface area contributed by atoms with Crippen molar-refractivity contribution in [2.75, 3.05) is 13.2 Å². The standard InChI is InChI=1S/C12H17NO3/c1-2-16-12(15)13-11(9-14)8-10-6-4-3-5-7-10/h3-7,11,14H,2,8-9H2,1H3,(H,13,15)/t11-/m1/s1. The molecular weight excluding hydrogens is 206 g/mol. The van der Waals surface area contributed by atoms with E-state index in [9.17, 15) is 4.79 Å². The van der Waals surface area contributed by atoms with Crippen molar-refractivity contribution in [3.63, 3.8) is 0 Å². The average Bonchev–Trinajstić information content (AvgIpc) is 2.30. The molecule has 0 radical (unpaired) electrons. The van der Waals surface area contributed by atoms with Gasteiger partial charge in [-0.1, -0.05) is 30.3 Å². The summed E-state index contributed by atoms with van der Waals surface area (Å²) in [5.74, 6) is 0. The van der Waals surface area contributed by atoms with E-state index in [-0.39, 0.29) is 12.6 Å². The predicted molar refractivity (Wildman–Crippen MR) is 61.2 cm³/mol. The third kappa shape index (κ3) is 4.31. The monoisotopic (exact) mass is 223 g/mol. The first kappa shape index (κ1) is 12.5. The fourth-order valence-corrected chi connectivity index (χ4v) is 1.40. The average molecular weight is 223 g/mol. The van der Waals surface area contributed by atoms with Gasteiger partial charge in [0.2, 0.25) is 0 Å². The van der Waals surface area contributed by atoms with Crippen molar-refractivity contribution in [2.24, 2.45) is 0 Å². The van der Waals surface area contributed by atoms with Crippen LogP contribution in [0.1, 0.15) is 12.5 Å². The molecule has 0 unspecified atom stereocenters. The summed E-state index contributed by atoms with van der Waals surface area (Å²) in [7, 11) is 0. The van der Waals surface area contributed by atoms with Crippen LogP contribution in [-0.4, -0.2) is 30.5 Å². The lowest BCUT2D eigenvalue weighted by Crippen LogP contribution is -2.39. The number of rotatable bonds is 5. The Bertz CT molecular complexity index is 313. The molecule has 0 saturated heterocycles. The molecule has 0 fully saturated rings. The van der Waals surface area contributed by atoms with Crippen LogP contribution in [0.15, 0.2) is 30.3 Å². The Morgan fingerprint density at radius 1 is 1.44 bits per heavy atom. The number of nitrogens with one attached hydrogen (secondary N) is 1. The van der Waals surface area contributed by atoms with E-state index in [1.165, 1.54) is 0 Å². The van der Waals surface area contributed by atoms with Gasteiger partial charge in [-0.2, -0.15) is 0 Å². The second-order valence-electron chi connectivity index (χ2n) is 3.43. The lowest BCUT2D eigenvalue weighted by molar-refractivity contribution is 0.140. The summed E-state index contributed by atoms with van der Waals surface area (Å²) in [4.78, 5) is 11.2. The summed E-state index contributed by atoms with van der Waals surface area (Å²) in [5, 5.41) is 11.7. The number of carbonyl (C=O) groups excluding carboxylic acids is 1. The van der Waals surface area contributed by atoms with E-state index in [4.69, 9.17) is 9.84 Å². The van der Waals surface area contributed by atoms with E-state index in [0.717, 1.165) is 5.56 Å². The molecule has 1 rings (SSSR count). The van der Waals surface area contributed by atoms with Crippen LogP contribution < -0.4 is 5.32 Å². The predicted octanol–water partition coefficient (Wildman–Crippen LogP) is 1.34. The van der Waals surface area contributed by atoms with Gasteiger partial charge in [-0.3, -0.25) is 0 Å². The molecule has 0 spiro atoms. The van der Waals surface area contributed by atoms with Crippen molar-refractivity contribution in [1.82, 2.24) is 5.32 Å². The quantitative estimate of drug-likeness (QED) is 0.791. The number of aliphatic hydroxyl groups is 1. The maximum absolute atomic E-state index is 11.2. The van der Waals surface area contributed by atoms with Crippen molar-refractivity contribution in [3.05, 3.63) is 35.9 Å². The summed E-state index contributed by atoms with van der Waals surface area (Å²) in [5.41, 5.74) is 1.07. The van der Waals surface area contributed by atoms with Gasteiger partial charge < -0.3 is 15.2 Å². The number of carbonyl (C=O) groups is 1. The summed E-state index contributed by atoms with van der Waals surface area (Å²) in [6.45, 7) is 1.97. The molecular formula is C12H17NO3. The van der Waals surface area contributed by atoms with Gasteiger partial charge in [-0.25, -0.2) is 4.79 Å². The molecule has 2 N–H and O–H groups in total. The lowest BCUT2D eigenvalue weighted by Gasteiger charge is -2.15. The number of hydrogen-bond donors (Lipinski definition) is 2. The molecule has 1 aromatic rings. The molecule has 0 aliphatic carbocycles. The zero-order chi connectivity index (χ0) is 11.8. The van der Waals surface area contributed by atoms with E-state index in [1.54, 1.807) is 6.92 Å². The minimum absolute atomic E-state index is 0.103. The Hall–Kier alpha value is -1.55. The Morgan fingerprint density at radius 2 is 2.12 bits per heavy atom. The van der Waals surface area contributed by atoms with Gasteiger partial charge in [0.1, 0.15) is 0 Å². The largest absolute Gasteiger partial charge is 0.450 e. The van der Waals surface area contributed by atoms with Crippen LogP contribution in [0.2, 0.25) is 0 Å². The van der Waals surface area contributed by atoms with Crippen molar-refractivity contribution < 1.29 is 14.6 Å². The van der Waals surface area contributed by atoms with Crippen LogP contribution in [0.5, 0.6) is 0 Å². The molecule has 1 amide bonds. The SMILES string of the molecule is CCOC(=O)N[C@@H](CO)Cc1ccccc1. The minimum Gasteiger partial charge on any atom is -0.450 e. The lowest BCUT2D eigenvalue weighted by atomic mass is 10.1. The highest BCUT2D eigenvalue weighted by molar-refractivity contribution is 5.67. The molecule has 0 bridgehead atoms. The molecule has 0 heterocycles. The number of amides is 1. The number of ether oxygens (including phenoxy) is 1. The second kappa shape index (κ2) is 6.85. The topological polar surface area (TPSA) is 58.6 Å². The van der Waals surface area contributed by atoms with Crippen molar-refractivity contribution in [2.45, 2.75) is 19.4 Å². The van der Waals surface area contributed by atoms with Crippen LogP contribution in [0.3, 0.4) is 0 Å². The van der Waals surface area contributed by atoms with Crippen LogP contribution in [0.25, 0.3) is 0 Å². The number of benzene rings is 1. The summed E-state index contributed by atoms with van der Waals surface area (Å²) in [6, 6.07) is 9.38. The van der Waals surface area contributed by atoms with Gasteiger partial charge in [0.05, 0.1) is 19.3 Å². The Balaban J connectivity index is 2.46. The number of hydrogen-bond acceptors (Lipinski definition) is 3. The molecule has 16 heavy (non-hydrogen) atoms. The first-order valence-electron chi connectivity index (χ1n) is 5.34. The molecule has 4 heteroatoms. The highest BCUT2D eigenvalue weighted by atomic mass is 16.5. The second-order valence-corrected chi connectivity index (χ2v) is 3.43. The van der Waals surface area contributed by atoms with Gasteiger partial charge in [0.15, 0.2) is 0 Å². The fourth-order valence-electron chi connectivity index (χ4n) is 1.40. The summed E-state index contributed by atoms with van der Waals surface area (Å²) >= 11 is 0. The third-order valence-corrected chi connectivity index (χ3v) is 2.14. The minimum atomic E-state index is -0.488. The van der Waals surface area contributed by atoms with Crippen molar-refractivity contribution in [3.8, 4) is 0 Å². The Morgan fingerprint density at radius 3 is 2.69 bits per heavy atom. The Labute approximate surface area is 95.2 Å². The fraction of sp³-hybridized carbons (Fsp3) is 0.417. The van der Waals surface area contributed by atoms with E-state index >= 15 is 0 Å². The molecule has 1 atom stereocenters. The van der Waals surface area contributed by atoms with E-state index in [1.807, 2.05) is 30.3 Å². The van der Waals surface area contributed by atoms with Crippen LogP contribution in [0, 0.1) is 0 Å². The third-order valence-electron chi connectivity index (χ3n) is 2.14. The zero-order valence-electron chi connectivity index (χ0n) is 9.35. The van der Waals surface area contributed by atoms with Crippen LogP contribution in [-0.2, 0) is 11.2 Å².